The molecule has 0 fully saturated rings. The number of aryl methyl sites for hydroxylation is 1. The van der Waals surface area contributed by atoms with E-state index in [0.29, 0.717) is 29.5 Å². The third kappa shape index (κ3) is 4.43. The summed E-state index contributed by atoms with van der Waals surface area (Å²) in [6.45, 7) is 4.09. The first kappa shape index (κ1) is 19.3. The van der Waals surface area contributed by atoms with E-state index >= 15 is 0 Å². The van der Waals surface area contributed by atoms with Gasteiger partial charge in [-0.3, -0.25) is 4.79 Å². The lowest BCUT2D eigenvalue weighted by Crippen LogP contribution is -2.28. The number of allylic oxidation sites excluding steroid dienone is 3. The number of nitrogens with one attached hydrogen (secondary N) is 1. The van der Waals surface area contributed by atoms with Crippen molar-refractivity contribution in [1.29, 1.82) is 0 Å². The molecule has 0 bridgehead atoms. The zero-order chi connectivity index (χ0) is 20.3. The molecule has 3 N–H and O–H groups in total. The Hall–Kier alpha value is -3.48. The summed E-state index contributed by atoms with van der Waals surface area (Å²) in [5, 5.41) is 7.20. The molecule has 0 unspecified atom stereocenters. The van der Waals surface area contributed by atoms with E-state index in [2.05, 4.69) is 46.6 Å². The van der Waals surface area contributed by atoms with Crippen LogP contribution in [0.5, 0.6) is 0 Å². The van der Waals surface area contributed by atoms with Gasteiger partial charge in [-0.15, -0.1) is 0 Å². The number of rotatable bonds is 4. The van der Waals surface area contributed by atoms with Crippen molar-refractivity contribution in [1.82, 2.24) is 15.1 Å². The van der Waals surface area contributed by atoms with E-state index in [1.54, 1.807) is 10.9 Å². The maximum absolute atomic E-state index is 11.6. The highest BCUT2D eigenvalue weighted by Gasteiger charge is 2.17. The molecule has 144 valence electrons. The highest BCUT2D eigenvalue weighted by molar-refractivity contribution is 6.21. The van der Waals surface area contributed by atoms with Crippen molar-refractivity contribution < 1.29 is 9.37 Å². The summed E-state index contributed by atoms with van der Waals surface area (Å²) in [7, 11) is 3.88. The topological polar surface area (TPSA) is 88.3 Å². The monoisotopic (exact) mass is 377 g/mol. The van der Waals surface area contributed by atoms with E-state index in [4.69, 9.17) is 5.73 Å². The van der Waals surface area contributed by atoms with E-state index in [1.165, 1.54) is 12.5 Å². The quantitative estimate of drug-likeness (QED) is 0.632. The molecular formula is C21H25N6O+. The molecular weight excluding hydrogens is 352 g/mol. The Morgan fingerprint density at radius 1 is 1.25 bits per heavy atom. The number of nitrogen functional groups attached to an aromatic ring is 1. The average molecular weight is 377 g/mol. The number of carbonyl (C=O) groups is 1. The molecule has 2 aromatic rings. The van der Waals surface area contributed by atoms with Crippen molar-refractivity contribution in [3.63, 3.8) is 0 Å². The normalized spacial score (nSPS) is 14.9. The number of hydrogen-bond donors (Lipinski definition) is 2. The number of aliphatic imine (C=N–C) groups is 1. The van der Waals surface area contributed by atoms with Crippen molar-refractivity contribution in [2.45, 2.75) is 20.4 Å². The predicted molar refractivity (Wildman–Crippen MR) is 112 cm³/mol. The second-order valence-corrected chi connectivity index (χ2v) is 6.95. The Bertz CT molecular complexity index is 1020. The van der Waals surface area contributed by atoms with Crippen LogP contribution in [0.4, 0.5) is 11.5 Å². The Balaban J connectivity index is 1.90. The lowest BCUT2D eigenvalue weighted by Gasteiger charge is -2.12. The van der Waals surface area contributed by atoms with Crippen LogP contribution in [0.3, 0.4) is 0 Å². The van der Waals surface area contributed by atoms with Gasteiger partial charge < -0.3 is 11.1 Å². The molecule has 1 aromatic carbocycles. The van der Waals surface area contributed by atoms with Gasteiger partial charge in [0.25, 0.3) is 0 Å². The maximum Gasteiger partial charge on any atom is 0.221 e. The summed E-state index contributed by atoms with van der Waals surface area (Å²) in [5.41, 5.74) is 11.4. The van der Waals surface area contributed by atoms with Crippen LogP contribution in [0.15, 0.2) is 59.4 Å². The minimum atomic E-state index is -0.157. The molecule has 1 amide bonds. The summed E-state index contributed by atoms with van der Waals surface area (Å²) >= 11 is 0. The lowest BCUT2D eigenvalue weighted by molar-refractivity contribution is -0.462. The van der Waals surface area contributed by atoms with Crippen molar-refractivity contribution in [3.05, 3.63) is 65.5 Å². The van der Waals surface area contributed by atoms with Crippen LogP contribution in [0.1, 0.15) is 18.1 Å². The molecule has 0 saturated carbocycles. The molecule has 1 aromatic heterocycles. The average Bonchev–Trinajstić information content (AvgIpc) is 2.98. The minimum absolute atomic E-state index is 0.157. The van der Waals surface area contributed by atoms with Gasteiger partial charge in [-0.05, 0) is 18.6 Å². The molecule has 0 atom stereocenters. The van der Waals surface area contributed by atoms with Crippen LogP contribution in [0.2, 0.25) is 0 Å². The van der Waals surface area contributed by atoms with Crippen molar-refractivity contribution in [3.8, 4) is 0 Å². The van der Waals surface area contributed by atoms with Crippen molar-refractivity contribution in [2.24, 2.45) is 4.99 Å². The van der Waals surface area contributed by atoms with Gasteiger partial charge in [-0.25, -0.2) is 14.2 Å². The number of carbonyl (C=O) groups excluding carboxylic acids is 1. The Morgan fingerprint density at radius 3 is 2.61 bits per heavy atom. The number of benzene rings is 1. The van der Waals surface area contributed by atoms with Crippen molar-refractivity contribution >= 4 is 28.8 Å². The molecule has 1 heterocycles. The van der Waals surface area contributed by atoms with Gasteiger partial charge in [0.2, 0.25) is 11.6 Å². The largest absolute Gasteiger partial charge is 0.382 e. The Morgan fingerprint density at radius 2 is 1.96 bits per heavy atom. The second-order valence-electron chi connectivity index (χ2n) is 6.95. The standard InChI is InChI=1S/C21H24N6O/c1-14-5-7-16(8-6-14)13-27-21(22)20(12-23-27)25-18-10-9-17(26(3)4)11-19(18)24-15(2)28/h5-12H,13H2,1-4H3,(H2,22,23,24,28)/p+1. The summed E-state index contributed by atoms with van der Waals surface area (Å²) in [4.78, 5) is 16.2. The molecule has 7 heteroatoms. The summed E-state index contributed by atoms with van der Waals surface area (Å²) in [6.07, 6.45) is 7.32. The third-order valence-corrected chi connectivity index (χ3v) is 4.36. The van der Waals surface area contributed by atoms with Gasteiger partial charge in [0.1, 0.15) is 25.6 Å². The Labute approximate surface area is 164 Å². The maximum atomic E-state index is 11.6. The minimum Gasteiger partial charge on any atom is -0.382 e. The summed E-state index contributed by atoms with van der Waals surface area (Å²) < 4.78 is 3.68. The van der Waals surface area contributed by atoms with E-state index in [9.17, 15) is 4.79 Å². The molecule has 0 saturated heterocycles. The number of nitrogens with two attached hydrogens (primary N) is 1. The van der Waals surface area contributed by atoms with Crippen LogP contribution in [-0.2, 0) is 11.3 Å². The van der Waals surface area contributed by atoms with Gasteiger partial charge in [-0.2, -0.15) is 5.10 Å². The first-order chi connectivity index (χ1) is 13.3. The molecule has 28 heavy (non-hydrogen) atoms. The second kappa shape index (κ2) is 8.04. The molecule has 0 spiro atoms. The first-order valence-electron chi connectivity index (χ1n) is 9.01. The van der Waals surface area contributed by atoms with Gasteiger partial charge in [0.15, 0.2) is 0 Å². The third-order valence-electron chi connectivity index (χ3n) is 4.36. The zero-order valence-corrected chi connectivity index (χ0v) is 16.6. The van der Waals surface area contributed by atoms with E-state index in [-0.39, 0.29) is 5.91 Å². The highest BCUT2D eigenvalue weighted by Crippen LogP contribution is 2.24. The van der Waals surface area contributed by atoms with Crippen molar-refractivity contribution in [2.75, 3.05) is 19.8 Å². The smallest absolute Gasteiger partial charge is 0.221 e. The van der Waals surface area contributed by atoms with Crippen LogP contribution in [-0.4, -0.2) is 45.8 Å². The number of anilines is 1. The van der Waals surface area contributed by atoms with Crippen LogP contribution >= 0.6 is 0 Å². The molecule has 7 nitrogen and oxygen atoms in total. The van der Waals surface area contributed by atoms with Crippen LogP contribution in [0, 0.1) is 6.92 Å². The van der Waals surface area contributed by atoms with E-state index in [0.717, 1.165) is 11.3 Å². The Kier molecular flexibility index (Phi) is 5.54. The van der Waals surface area contributed by atoms with Gasteiger partial charge >= 0.3 is 0 Å². The fourth-order valence-corrected chi connectivity index (χ4v) is 2.78. The number of amides is 1. The fourth-order valence-electron chi connectivity index (χ4n) is 2.78. The lowest BCUT2D eigenvalue weighted by atomic mass is 10.1. The summed E-state index contributed by atoms with van der Waals surface area (Å²) in [6, 6.07) is 8.24. The predicted octanol–water partition coefficient (Wildman–Crippen LogP) is 2.20. The molecule has 0 aliphatic heterocycles. The number of hydrogen-bond acceptors (Lipinski definition) is 4. The van der Waals surface area contributed by atoms with Gasteiger partial charge in [0, 0.05) is 19.1 Å². The van der Waals surface area contributed by atoms with Gasteiger partial charge in [0.05, 0.1) is 24.2 Å². The zero-order valence-electron chi connectivity index (χ0n) is 16.6. The number of aromatic nitrogens is 2. The SMILES string of the molecule is CC(=O)NC1=CC(=[N+](C)C)C=C/C1=N/c1cnn(Cc2ccc(C)cc2)c1N. The molecule has 3 rings (SSSR count). The van der Waals surface area contributed by atoms with Gasteiger partial charge in [-0.1, -0.05) is 29.8 Å². The molecule has 1 aliphatic carbocycles. The first-order valence-corrected chi connectivity index (χ1v) is 9.01. The summed E-state index contributed by atoms with van der Waals surface area (Å²) in [5.74, 6) is 0.321. The molecule has 0 radical (unpaired) electrons. The number of nitrogens with zero attached hydrogens (tertiary/aromatic N) is 4. The van der Waals surface area contributed by atoms with E-state index in [1.807, 2.05) is 36.9 Å². The fraction of sp³-hybridized carbons (Fsp3) is 0.238. The highest BCUT2D eigenvalue weighted by atomic mass is 16.1. The molecule has 1 aliphatic rings. The van der Waals surface area contributed by atoms with E-state index < -0.39 is 0 Å². The van der Waals surface area contributed by atoms with Crippen LogP contribution in [0.25, 0.3) is 0 Å². The van der Waals surface area contributed by atoms with Crippen LogP contribution < -0.4 is 11.1 Å².